The number of nitrogens with two attached hydrogens (primary N) is 1. The Morgan fingerprint density at radius 2 is 2.04 bits per heavy atom. The molecule has 0 bridgehead atoms. The number of hydrogen-bond acceptors (Lipinski definition) is 6. The zero-order chi connectivity index (χ0) is 18.7. The molecule has 0 spiro atoms. The van der Waals surface area contributed by atoms with Gasteiger partial charge in [0.2, 0.25) is 5.95 Å². The maximum absolute atomic E-state index is 12.0. The normalized spacial score (nSPS) is 11.8. The van der Waals surface area contributed by atoms with Gasteiger partial charge in [-0.15, -0.1) is 12.3 Å². The number of benzene rings is 1. The number of rotatable bonds is 5. The number of carbonyl (C=O) groups is 1. The highest BCUT2D eigenvalue weighted by Crippen LogP contribution is 2.24. The van der Waals surface area contributed by atoms with Crippen LogP contribution in [0.3, 0.4) is 0 Å². The first kappa shape index (κ1) is 17.1. The summed E-state index contributed by atoms with van der Waals surface area (Å²) in [7, 11) is 0. The second-order valence-electron chi connectivity index (χ2n) is 5.72. The third kappa shape index (κ3) is 3.52. The van der Waals surface area contributed by atoms with E-state index in [1.165, 1.54) is 18.3 Å². The third-order valence-electron chi connectivity index (χ3n) is 3.93. The maximum atomic E-state index is 12.0. The lowest BCUT2D eigenvalue weighted by Gasteiger charge is -2.14. The summed E-state index contributed by atoms with van der Waals surface area (Å²) < 4.78 is 0. The molecule has 2 aromatic heterocycles. The molecular weight excluding hydrogens is 334 g/mol. The smallest absolute Gasteiger partial charge is 0.335 e. The molecule has 0 aliphatic rings. The van der Waals surface area contributed by atoms with Crippen LogP contribution in [-0.2, 0) is 6.42 Å². The number of aromatic nitrogens is 4. The molecule has 130 valence electrons. The number of nitrogen functional groups attached to an aromatic ring is 1. The first-order valence-corrected chi connectivity index (χ1v) is 7.76. The van der Waals surface area contributed by atoms with Crippen LogP contribution < -0.4 is 11.3 Å². The Balaban J connectivity index is 1.93. The van der Waals surface area contributed by atoms with Gasteiger partial charge >= 0.3 is 5.97 Å². The second kappa shape index (κ2) is 7.03. The van der Waals surface area contributed by atoms with Crippen molar-refractivity contribution in [2.75, 3.05) is 5.73 Å². The van der Waals surface area contributed by atoms with Crippen LogP contribution in [0.1, 0.15) is 34.0 Å². The highest BCUT2D eigenvalue weighted by atomic mass is 16.4. The molecule has 4 N–H and O–H groups in total. The molecular formula is C18H15N5O3. The summed E-state index contributed by atoms with van der Waals surface area (Å²) in [6.45, 7) is 0. The molecule has 3 rings (SSSR count). The topological polar surface area (TPSA) is 135 Å². The lowest BCUT2D eigenvalue weighted by atomic mass is 9.91. The van der Waals surface area contributed by atoms with E-state index >= 15 is 0 Å². The van der Waals surface area contributed by atoms with Crippen LogP contribution in [0.25, 0.3) is 11.2 Å². The number of anilines is 1. The van der Waals surface area contributed by atoms with Crippen LogP contribution >= 0.6 is 0 Å². The van der Waals surface area contributed by atoms with Gasteiger partial charge in [-0.2, -0.15) is 4.98 Å². The van der Waals surface area contributed by atoms with Gasteiger partial charge in [-0.3, -0.25) is 9.78 Å². The summed E-state index contributed by atoms with van der Waals surface area (Å²) in [6.07, 6.45) is 7.88. The van der Waals surface area contributed by atoms with Gasteiger partial charge in [-0.25, -0.2) is 14.8 Å². The Labute approximate surface area is 148 Å². The van der Waals surface area contributed by atoms with Crippen LogP contribution in [0.2, 0.25) is 0 Å². The number of nitrogens with one attached hydrogen (secondary N) is 1. The van der Waals surface area contributed by atoms with E-state index in [1.807, 2.05) is 0 Å². The van der Waals surface area contributed by atoms with E-state index in [0.29, 0.717) is 18.5 Å². The first-order valence-electron chi connectivity index (χ1n) is 7.76. The Bertz CT molecular complexity index is 1070. The molecule has 0 aliphatic carbocycles. The summed E-state index contributed by atoms with van der Waals surface area (Å²) >= 11 is 0. The standard InChI is InChI=1S/C18H15N5O3/c1-2-3-12(10-4-6-11(7-5-10)17(25)26)8-13-9-20-15-14(21-13)16(24)23-18(19)22-15/h1,4-7,9,12H,3,8H2,(H,25,26)(H3,19,20,22,23,24). The monoisotopic (exact) mass is 349 g/mol. The predicted octanol–water partition coefficient (Wildman–Crippen LogP) is 1.34. The highest BCUT2D eigenvalue weighted by Gasteiger charge is 2.15. The van der Waals surface area contributed by atoms with E-state index in [0.717, 1.165) is 5.56 Å². The van der Waals surface area contributed by atoms with E-state index in [-0.39, 0.29) is 28.6 Å². The third-order valence-corrected chi connectivity index (χ3v) is 3.93. The van der Waals surface area contributed by atoms with Crippen molar-refractivity contribution in [3.8, 4) is 12.3 Å². The van der Waals surface area contributed by atoms with Gasteiger partial charge < -0.3 is 10.8 Å². The summed E-state index contributed by atoms with van der Waals surface area (Å²) in [5.74, 6) is 1.52. The molecule has 0 fully saturated rings. The van der Waals surface area contributed by atoms with E-state index in [2.05, 4.69) is 25.9 Å². The van der Waals surface area contributed by atoms with E-state index in [1.54, 1.807) is 12.1 Å². The van der Waals surface area contributed by atoms with Gasteiger partial charge in [-0.05, 0) is 24.1 Å². The van der Waals surface area contributed by atoms with Crippen molar-refractivity contribution in [2.24, 2.45) is 0 Å². The quantitative estimate of drug-likeness (QED) is 0.592. The number of H-pyrrole nitrogens is 1. The average Bonchev–Trinajstić information content (AvgIpc) is 2.62. The van der Waals surface area contributed by atoms with Crippen molar-refractivity contribution in [1.29, 1.82) is 0 Å². The predicted molar refractivity (Wildman–Crippen MR) is 95.7 cm³/mol. The highest BCUT2D eigenvalue weighted by molar-refractivity contribution is 5.87. The fraction of sp³-hybridized carbons (Fsp3) is 0.167. The lowest BCUT2D eigenvalue weighted by molar-refractivity contribution is 0.0697. The van der Waals surface area contributed by atoms with Crippen molar-refractivity contribution >= 4 is 23.1 Å². The number of aromatic amines is 1. The fourth-order valence-corrected chi connectivity index (χ4v) is 2.67. The molecule has 1 aromatic carbocycles. The number of aromatic carboxylic acids is 1. The molecule has 2 heterocycles. The first-order chi connectivity index (χ1) is 12.5. The molecule has 1 unspecified atom stereocenters. The summed E-state index contributed by atoms with van der Waals surface area (Å²) in [4.78, 5) is 37.7. The van der Waals surface area contributed by atoms with Crippen LogP contribution in [0.5, 0.6) is 0 Å². The summed E-state index contributed by atoms with van der Waals surface area (Å²) in [5.41, 5.74) is 6.99. The molecule has 0 saturated carbocycles. The molecule has 26 heavy (non-hydrogen) atoms. The van der Waals surface area contributed by atoms with Crippen LogP contribution in [0.4, 0.5) is 5.95 Å². The lowest BCUT2D eigenvalue weighted by Crippen LogP contribution is -2.15. The number of hydrogen-bond donors (Lipinski definition) is 3. The molecule has 0 saturated heterocycles. The van der Waals surface area contributed by atoms with Gasteiger partial charge in [0.15, 0.2) is 11.2 Å². The maximum Gasteiger partial charge on any atom is 0.335 e. The molecule has 0 radical (unpaired) electrons. The van der Waals surface area contributed by atoms with Crippen LogP contribution in [0.15, 0.2) is 35.3 Å². The zero-order valence-electron chi connectivity index (χ0n) is 13.6. The van der Waals surface area contributed by atoms with Gasteiger partial charge in [-0.1, -0.05) is 12.1 Å². The number of nitrogens with zero attached hydrogens (tertiary/aromatic N) is 3. The SMILES string of the molecule is C#CCC(Cc1cnc2nc(N)[nH]c(=O)c2n1)c1ccc(C(=O)O)cc1. The molecule has 0 amide bonds. The fourth-order valence-electron chi connectivity index (χ4n) is 2.67. The molecule has 8 nitrogen and oxygen atoms in total. The van der Waals surface area contributed by atoms with Gasteiger partial charge in [0.05, 0.1) is 17.5 Å². The van der Waals surface area contributed by atoms with Crippen molar-refractivity contribution in [3.63, 3.8) is 0 Å². The average molecular weight is 349 g/mol. The van der Waals surface area contributed by atoms with Gasteiger partial charge in [0.25, 0.3) is 5.56 Å². The molecule has 1 atom stereocenters. The number of carboxylic acid groups (broad SMARTS) is 1. The molecule has 0 aliphatic heterocycles. The van der Waals surface area contributed by atoms with Gasteiger partial charge in [0, 0.05) is 12.3 Å². The molecule has 3 aromatic rings. The van der Waals surface area contributed by atoms with Crippen molar-refractivity contribution in [3.05, 3.63) is 57.6 Å². The molecule has 8 heteroatoms. The Morgan fingerprint density at radius 1 is 1.31 bits per heavy atom. The van der Waals surface area contributed by atoms with E-state index in [9.17, 15) is 9.59 Å². The number of carboxylic acids is 1. The largest absolute Gasteiger partial charge is 0.478 e. The number of terminal acetylenes is 1. The van der Waals surface area contributed by atoms with E-state index < -0.39 is 11.5 Å². The van der Waals surface area contributed by atoms with Crippen LogP contribution in [0, 0.1) is 12.3 Å². The Hall–Kier alpha value is -3.73. The minimum Gasteiger partial charge on any atom is -0.478 e. The Morgan fingerprint density at radius 3 is 2.69 bits per heavy atom. The van der Waals surface area contributed by atoms with Gasteiger partial charge in [0.1, 0.15) is 0 Å². The summed E-state index contributed by atoms with van der Waals surface area (Å²) in [5, 5.41) is 9.00. The minimum absolute atomic E-state index is 0.0201. The zero-order valence-corrected chi connectivity index (χ0v) is 13.6. The van der Waals surface area contributed by atoms with Crippen molar-refractivity contribution in [1.82, 2.24) is 19.9 Å². The van der Waals surface area contributed by atoms with E-state index in [4.69, 9.17) is 17.3 Å². The minimum atomic E-state index is -0.989. The Kier molecular flexibility index (Phi) is 4.62. The number of fused-ring (bicyclic) bond motifs is 1. The van der Waals surface area contributed by atoms with Crippen LogP contribution in [-0.4, -0.2) is 31.0 Å². The van der Waals surface area contributed by atoms with Crippen molar-refractivity contribution in [2.45, 2.75) is 18.8 Å². The second-order valence-corrected chi connectivity index (χ2v) is 5.72. The van der Waals surface area contributed by atoms with Crippen molar-refractivity contribution < 1.29 is 9.90 Å². The summed E-state index contributed by atoms with van der Waals surface area (Å²) in [6, 6.07) is 6.53.